The van der Waals surface area contributed by atoms with E-state index in [1.807, 2.05) is 6.07 Å². The van der Waals surface area contributed by atoms with Gasteiger partial charge in [0.15, 0.2) is 11.6 Å². The van der Waals surface area contributed by atoms with E-state index in [-0.39, 0.29) is 0 Å². The molecule has 5 heteroatoms. The lowest BCUT2D eigenvalue weighted by Gasteiger charge is -2.32. The monoisotopic (exact) mass is 311 g/mol. The highest BCUT2D eigenvalue weighted by Crippen LogP contribution is 2.29. The lowest BCUT2D eigenvalue weighted by atomic mass is 9.99. The minimum atomic E-state index is 0.662. The van der Waals surface area contributed by atoms with Crippen LogP contribution in [0, 0.1) is 5.92 Å². The molecule has 1 aromatic carbocycles. The summed E-state index contributed by atoms with van der Waals surface area (Å²) in [6, 6.07) is 10.4. The van der Waals surface area contributed by atoms with Crippen LogP contribution in [-0.4, -0.2) is 29.6 Å². The molecule has 0 amide bonds. The Labute approximate surface area is 137 Å². The molecule has 2 aromatic rings. The van der Waals surface area contributed by atoms with Gasteiger partial charge in [-0.15, -0.1) is 0 Å². The normalized spacial score (nSPS) is 15.6. The maximum atomic E-state index is 6.30. The summed E-state index contributed by atoms with van der Waals surface area (Å²) in [5, 5.41) is 3.35. The van der Waals surface area contributed by atoms with Crippen LogP contribution in [0.4, 0.5) is 17.3 Å². The summed E-state index contributed by atoms with van der Waals surface area (Å²) in [4.78, 5) is 11.0. The van der Waals surface area contributed by atoms with Crippen LogP contribution < -0.4 is 16.0 Å². The molecule has 0 aliphatic carbocycles. The van der Waals surface area contributed by atoms with Crippen molar-refractivity contribution in [1.82, 2.24) is 9.97 Å². The zero-order chi connectivity index (χ0) is 16.1. The molecule has 5 nitrogen and oxygen atoms in total. The fourth-order valence-corrected chi connectivity index (χ4v) is 2.97. The van der Waals surface area contributed by atoms with E-state index in [0.717, 1.165) is 43.6 Å². The summed E-state index contributed by atoms with van der Waals surface area (Å²) >= 11 is 0. The van der Waals surface area contributed by atoms with Gasteiger partial charge in [0.1, 0.15) is 12.0 Å². The van der Waals surface area contributed by atoms with Crippen molar-refractivity contribution < 1.29 is 0 Å². The van der Waals surface area contributed by atoms with Gasteiger partial charge in [-0.05, 0) is 30.7 Å². The first-order valence-corrected chi connectivity index (χ1v) is 8.37. The molecule has 1 aliphatic rings. The molecule has 2 heterocycles. The molecule has 122 valence electrons. The predicted octanol–water partition coefficient (Wildman–Crippen LogP) is 2.95. The van der Waals surface area contributed by atoms with Crippen LogP contribution in [0.1, 0.15) is 25.3 Å². The number of rotatable bonds is 5. The molecule has 3 N–H and O–H groups in total. The topological polar surface area (TPSA) is 67.1 Å². The number of hydrogen-bond donors (Lipinski definition) is 2. The highest BCUT2D eigenvalue weighted by Gasteiger charge is 2.20. The average Bonchev–Trinajstić information content (AvgIpc) is 2.58. The van der Waals surface area contributed by atoms with Crippen molar-refractivity contribution in [3.05, 3.63) is 42.2 Å². The van der Waals surface area contributed by atoms with Gasteiger partial charge < -0.3 is 16.0 Å². The maximum Gasteiger partial charge on any atom is 0.157 e. The minimum absolute atomic E-state index is 0.662. The molecule has 1 aliphatic heterocycles. The van der Waals surface area contributed by atoms with E-state index in [2.05, 4.69) is 51.4 Å². The fourth-order valence-electron chi connectivity index (χ4n) is 2.97. The van der Waals surface area contributed by atoms with Gasteiger partial charge >= 0.3 is 0 Å². The third kappa shape index (κ3) is 3.92. The highest BCUT2D eigenvalue weighted by atomic mass is 15.2. The highest BCUT2D eigenvalue weighted by molar-refractivity contribution is 5.74. The summed E-state index contributed by atoms with van der Waals surface area (Å²) in [5.74, 6) is 2.40. The molecule has 23 heavy (non-hydrogen) atoms. The van der Waals surface area contributed by atoms with Crippen LogP contribution in [0.2, 0.25) is 0 Å². The second-order valence-corrected chi connectivity index (χ2v) is 6.29. The Bertz CT molecular complexity index is 621. The number of hydrogen-bond acceptors (Lipinski definition) is 5. The molecular formula is C18H25N5. The van der Waals surface area contributed by atoms with E-state index in [0.29, 0.717) is 5.69 Å². The molecule has 0 radical (unpaired) electrons. The van der Waals surface area contributed by atoms with Crippen LogP contribution in [0.5, 0.6) is 0 Å². The van der Waals surface area contributed by atoms with Crippen LogP contribution in [-0.2, 0) is 6.42 Å². The van der Waals surface area contributed by atoms with E-state index in [1.54, 1.807) is 6.33 Å². The van der Waals surface area contributed by atoms with Crippen LogP contribution in [0.25, 0.3) is 0 Å². The first kappa shape index (κ1) is 15.6. The molecule has 3 rings (SSSR count). The molecule has 0 saturated carbocycles. The van der Waals surface area contributed by atoms with Gasteiger partial charge in [-0.25, -0.2) is 9.97 Å². The quantitative estimate of drug-likeness (QED) is 0.888. The number of anilines is 3. The van der Waals surface area contributed by atoms with Gasteiger partial charge in [0.25, 0.3) is 0 Å². The zero-order valence-corrected chi connectivity index (χ0v) is 13.7. The van der Waals surface area contributed by atoms with Crippen molar-refractivity contribution >= 4 is 17.3 Å². The Kier molecular flexibility index (Phi) is 4.95. The minimum Gasteiger partial charge on any atom is -0.393 e. The Morgan fingerprint density at radius 3 is 2.65 bits per heavy atom. The van der Waals surface area contributed by atoms with Gasteiger partial charge in [-0.1, -0.05) is 37.3 Å². The summed E-state index contributed by atoms with van der Waals surface area (Å²) in [5.41, 5.74) is 8.26. The van der Waals surface area contributed by atoms with Crippen molar-refractivity contribution in [3.8, 4) is 0 Å². The van der Waals surface area contributed by atoms with Crippen molar-refractivity contribution in [2.45, 2.75) is 26.2 Å². The maximum absolute atomic E-state index is 6.30. The lowest BCUT2D eigenvalue weighted by molar-refractivity contribution is 0.437. The zero-order valence-electron chi connectivity index (χ0n) is 13.7. The third-order valence-electron chi connectivity index (χ3n) is 4.49. The molecule has 1 saturated heterocycles. The van der Waals surface area contributed by atoms with Gasteiger partial charge in [0.2, 0.25) is 0 Å². The third-order valence-corrected chi connectivity index (χ3v) is 4.49. The largest absolute Gasteiger partial charge is 0.393 e. The number of piperidine rings is 1. The standard InChI is InChI=1S/C18H25N5/c1-14-8-11-23(12-9-14)18-16(19)17(21-13-22-18)20-10-7-15-5-3-2-4-6-15/h2-6,13-14H,7-12,19H2,1H3,(H,20,21,22). The molecule has 0 unspecified atom stereocenters. The van der Waals surface area contributed by atoms with Crippen molar-refractivity contribution in [2.75, 3.05) is 35.6 Å². The number of nitrogens with zero attached hydrogens (tertiary/aromatic N) is 3. The van der Waals surface area contributed by atoms with Gasteiger partial charge in [0, 0.05) is 19.6 Å². The Morgan fingerprint density at radius 2 is 1.91 bits per heavy atom. The average molecular weight is 311 g/mol. The summed E-state index contributed by atoms with van der Waals surface area (Å²) in [7, 11) is 0. The smallest absolute Gasteiger partial charge is 0.157 e. The van der Waals surface area contributed by atoms with Crippen molar-refractivity contribution in [1.29, 1.82) is 0 Å². The second kappa shape index (κ2) is 7.31. The summed E-state index contributed by atoms with van der Waals surface area (Å²) < 4.78 is 0. The number of nitrogen functional groups attached to an aromatic ring is 1. The predicted molar refractivity (Wildman–Crippen MR) is 95.7 cm³/mol. The summed E-state index contributed by atoms with van der Waals surface area (Å²) in [6.07, 6.45) is 4.94. The second-order valence-electron chi connectivity index (χ2n) is 6.29. The fraction of sp³-hybridized carbons (Fsp3) is 0.444. The molecule has 0 bridgehead atoms. The van der Waals surface area contributed by atoms with Crippen LogP contribution >= 0.6 is 0 Å². The summed E-state index contributed by atoms with van der Waals surface area (Å²) in [6.45, 7) is 5.15. The van der Waals surface area contributed by atoms with Crippen molar-refractivity contribution in [2.24, 2.45) is 5.92 Å². The van der Waals surface area contributed by atoms with E-state index >= 15 is 0 Å². The van der Waals surface area contributed by atoms with Gasteiger partial charge in [-0.2, -0.15) is 0 Å². The molecule has 0 atom stereocenters. The SMILES string of the molecule is CC1CCN(c2ncnc(NCCc3ccccc3)c2N)CC1. The Morgan fingerprint density at radius 1 is 1.17 bits per heavy atom. The number of nitrogens with two attached hydrogens (primary N) is 1. The Hall–Kier alpha value is -2.30. The van der Waals surface area contributed by atoms with Crippen LogP contribution in [0.15, 0.2) is 36.7 Å². The van der Waals surface area contributed by atoms with E-state index in [4.69, 9.17) is 5.73 Å². The Balaban J connectivity index is 1.63. The van der Waals surface area contributed by atoms with Gasteiger partial charge in [-0.3, -0.25) is 0 Å². The van der Waals surface area contributed by atoms with E-state index in [9.17, 15) is 0 Å². The van der Waals surface area contributed by atoms with E-state index in [1.165, 1.54) is 18.4 Å². The van der Waals surface area contributed by atoms with Crippen LogP contribution in [0.3, 0.4) is 0 Å². The molecule has 0 spiro atoms. The number of benzene rings is 1. The lowest BCUT2D eigenvalue weighted by Crippen LogP contribution is -2.34. The number of aromatic nitrogens is 2. The molecular weight excluding hydrogens is 286 g/mol. The van der Waals surface area contributed by atoms with Gasteiger partial charge in [0.05, 0.1) is 0 Å². The van der Waals surface area contributed by atoms with Crippen molar-refractivity contribution in [3.63, 3.8) is 0 Å². The molecule has 1 aromatic heterocycles. The van der Waals surface area contributed by atoms with E-state index < -0.39 is 0 Å². The first-order valence-electron chi connectivity index (χ1n) is 8.37. The number of nitrogens with one attached hydrogen (secondary N) is 1. The molecule has 1 fully saturated rings. The first-order chi connectivity index (χ1) is 11.2.